The van der Waals surface area contributed by atoms with E-state index in [1.165, 1.54) is 5.56 Å². The van der Waals surface area contributed by atoms with Gasteiger partial charge in [-0.1, -0.05) is 24.4 Å². The van der Waals surface area contributed by atoms with E-state index in [0.29, 0.717) is 4.99 Å². The van der Waals surface area contributed by atoms with E-state index in [1.54, 1.807) is 0 Å². The number of benzene rings is 2. The first-order chi connectivity index (χ1) is 8.99. The molecule has 0 aliphatic rings. The molecule has 0 bridgehead atoms. The maximum absolute atomic E-state index is 5.89. The number of hydrogen-bond acceptors (Lipinski definition) is 2. The highest BCUT2D eigenvalue weighted by Crippen LogP contribution is 2.30. The molecule has 0 heterocycles. The van der Waals surface area contributed by atoms with Crippen LogP contribution in [0.3, 0.4) is 0 Å². The van der Waals surface area contributed by atoms with E-state index in [1.807, 2.05) is 37.3 Å². The molecule has 0 unspecified atom stereocenters. The molecule has 4 heteroatoms. The first kappa shape index (κ1) is 14.0. The van der Waals surface area contributed by atoms with Gasteiger partial charge in [-0.05, 0) is 65.2 Å². The topological polar surface area (TPSA) is 35.2 Å². The van der Waals surface area contributed by atoms with E-state index in [9.17, 15) is 0 Å². The Labute approximate surface area is 126 Å². The van der Waals surface area contributed by atoms with Gasteiger partial charge in [-0.3, -0.25) is 0 Å². The SMILES string of the molecule is Cc1cccc(Oc2ccc(C(N)=S)c(Br)c2)c1C. The zero-order valence-electron chi connectivity index (χ0n) is 10.7. The minimum Gasteiger partial charge on any atom is -0.457 e. The van der Waals surface area contributed by atoms with E-state index < -0.39 is 0 Å². The van der Waals surface area contributed by atoms with Crippen LogP contribution in [0.4, 0.5) is 0 Å². The lowest BCUT2D eigenvalue weighted by atomic mass is 10.1. The fourth-order valence-corrected chi connectivity index (χ4v) is 2.60. The summed E-state index contributed by atoms with van der Waals surface area (Å²) in [5.74, 6) is 1.61. The van der Waals surface area contributed by atoms with E-state index >= 15 is 0 Å². The zero-order chi connectivity index (χ0) is 14.0. The summed E-state index contributed by atoms with van der Waals surface area (Å²) >= 11 is 8.41. The molecule has 0 saturated heterocycles. The summed E-state index contributed by atoms with van der Waals surface area (Å²) in [6.45, 7) is 4.11. The van der Waals surface area contributed by atoms with Crippen molar-refractivity contribution in [1.29, 1.82) is 0 Å². The van der Waals surface area contributed by atoms with Crippen molar-refractivity contribution in [1.82, 2.24) is 0 Å². The summed E-state index contributed by atoms with van der Waals surface area (Å²) < 4.78 is 6.73. The van der Waals surface area contributed by atoms with E-state index in [0.717, 1.165) is 27.1 Å². The molecule has 98 valence electrons. The molecule has 2 N–H and O–H groups in total. The average Bonchev–Trinajstić information content (AvgIpc) is 2.34. The Morgan fingerprint density at radius 2 is 1.95 bits per heavy atom. The smallest absolute Gasteiger partial charge is 0.130 e. The molecule has 0 aliphatic carbocycles. The van der Waals surface area contributed by atoms with Crippen molar-refractivity contribution >= 4 is 33.1 Å². The van der Waals surface area contributed by atoms with Crippen molar-refractivity contribution in [3.63, 3.8) is 0 Å². The predicted molar refractivity (Wildman–Crippen MR) is 86.0 cm³/mol. The predicted octanol–water partition coefficient (Wildman–Crippen LogP) is 4.49. The van der Waals surface area contributed by atoms with Crippen molar-refractivity contribution < 1.29 is 4.74 Å². The van der Waals surface area contributed by atoms with Gasteiger partial charge in [0, 0.05) is 10.0 Å². The Balaban J connectivity index is 2.32. The van der Waals surface area contributed by atoms with Gasteiger partial charge in [0.25, 0.3) is 0 Å². The quantitative estimate of drug-likeness (QED) is 0.839. The molecule has 0 amide bonds. The third-order valence-electron chi connectivity index (χ3n) is 2.99. The van der Waals surface area contributed by atoms with Gasteiger partial charge >= 0.3 is 0 Å². The lowest BCUT2D eigenvalue weighted by molar-refractivity contribution is 0.478. The number of nitrogens with two attached hydrogens (primary N) is 1. The molecule has 0 spiro atoms. The molecule has 19 heavy (non-hydrogen) atoms. The summed E-state index contributed by atoms with van der Waals surface area (Å²) in [6, 6.07) is 11.6. The van der Waals surface area contributed by atoms with Crippen LogP contribution >= 0.6 is 28.1 Å². The Hall–Kier alpha value is -1.39. The standard InChI is InChI=1S/C15H14BrNOS/c1-9-4-3-5-14(10(9)2)18-11-6-7-12(15(17)19)13(16)8-11/h3-8H,1-2H3,(H2,17,19). The van der Waals surface area contributed by atoms with Gasteiger partial charge in [-0.15, -0.1) is 0 Å². The van der Waals surface area contributed by atoms with Crippen LogP contribution in [0.15, 0.2) is 40.9 Å². The molecular weight excluding hydrogens is 322 g/mol. The highest BCUT2D eigenvalue weighted by atomic mass is 79.9. The monoisotopic (exact) mass is 335 g/mol. The molecule has 2 aromatic rings. The molecule has 2 rings (SSSR count). The summed E-state index contributed by atoms with van der Waals surface area (Å²) in [6.07, 6.45) is 0. The summed E-state index contributed by atoms with van der Waals surface area (Å²) in [4.78, 5) is 0.366. The van der Waals surface area contributed by atoms with Gasteiger partial charge in [0.2, 0.25) is 0 Å². The third kappa shape index (κ3) is 3.14. The fourth-order valence-electron chi connectivity index (χ4n) is 1.72. The van der Waals surface area contributed by atoms with E-state index in [2.05, 4.69) is 28.9 Å². The Bertz CT molecular complexity index is 640. The summed E-state index contributed by atoms with van der Waals surface area (Å²) in [5.41, 5.74) is 8.77. The number of halogens is 1. The molecule has 0 aliphatic heterocycles. The van der Waals surface area contributed by atoms with Gasteiger partial charge < -0.3 is 10.5 Å². The van der Waals surface area contributed by atoms with Crippen LogP contribution in [0.5, 0.6) is 11.5 Å². The first-order valence-electron chi connectivity index (χ1n) is 5.82. The number of hydrogen-bond donors (Lipinski definition) is 1. The van der Waals surface area contributed by atoms with Crippen LogP contribution in [0.2, 0.25) is 0 Å². The second kappa shape index (κ2) is 5.72. The van der Waals surface area contributed by atoms with Crippen LogP contribution in [-0.2, 0) is 0 Å². The molecule has 0 fully saturated rings. The highest BCUT2D eigenvalue weighted by molar-refractivity contribution is 9.10. The van der Waals surface area contributed by atoms with Gasteiger partial charge in [-0.2, -0.15) is 0 Å². The molecule has 0 aromatic heterocycles. The Morgan fingerprint density at radius 3 is 2.58 bits per heavy atom. The normalized spacial score (nSPS) is 10.3. The van der Waals surface area contributed by atoms with E-state index in [-0.39, 0.29) is 0 Å². The highest BCUT2D eigenvalue weighted by Gasteiger charge is 2.07. The fraction of sp³-hybridized carbons (Fsp3) is 0.133. The van der Waals surface area contributed by atoms with Crippen LogP contribution in [0.25, 0.3) is 0 Å². The number of aryl methyl sites for hydroxylation is 1. The van der Waals surface area contributed by atoms with Crippen LogP contribution < -0.4 is 10.5 Å². The molecule has 0 radical (unpaired) electrons. The molecule has 2 aromatic carbocycles. The van der Waals surface area contributed by atoms with Gasteiger partial charge in [0.15, 0.2) is 0 Å². The average molecular weight is 336 g/mol. The lowest BCUT2D eigenvalue weighted by Gasteiger charge is -2.11. The Morgan fingerprint density at radius 1 is 1.21 bits per heavy atom. The zero-order valence-corrected chi connectivity index (χ0v) is 13.1. The number of ether oxygens (including phenoxy) is 1. The third-order valence-corrected chi connectivity index (χ3v) is 3.86. The van der Waals surface area contributed by atoms with Crippen LogP contribution in [0.1, 0.15) is 16.7 Å². The van der Waals surface area contributed by atoms with Crippen molar-refractivity contribution in [2.75, 3.05) is 0 Å². The second-order valence-electron chi connectivity index (χ2n) is 4.31. The largest absolute Gasteiger partial charge is 0.457 e. The summed E-state index contributed by atoms with van der Waals surface area (Å²) in [7, 11) is 0. The van der Waals surface area contributed by atoms with Crippen LogP contribution in [-0.4, -0.2) is 4.99 Å². The molecule has 0 saturated carbocycles. The van der Waals surface area contributed by atoms with Crippen molar-refractivity contribution in [3.05, 3.63) is 57.6 Å². The second-order valence-corrected chi connectivity index (χ2v) is 5.60. The minimum absolute atomic E-state index is 0.366. The molecule has 0 atom stereocenters. The van der Waals surface area contributed by atoms with Crippen molar-refractivity contribution in [2.45, 2.75) is 13.8 Å². The van der Waals surface area contributed by atoms with E-state index in [4.69, 9.17) is 22.7 Å². The van der Waals surface area contributed by atoms with Gasteiger partial charge in [0.1, 0.15) is 16.5 Å². The molecular formula is C15H14BrNOS. The first-order valence-corrected chi connectivity index (χ1v) is 7.02. The number of rotatable bonds is 3. The van der Waals surface area contributed by atoms with Gasteiger partial charge in [-0.25, -0.2) is 0 Å². The maximum atomic E-state index is 5.89. The Kier molecular flexibility index (Phi) is 4.22. The number of thiocarbonyl (C=S) groups is 1. The summed E-state index contributed by atoms with van der Waals surface area (Å²) in [5, 5.41) is 0. The van der Waals surface area contributed by atoms with Crippen molar-refractivity contribution in [3.8, 4) is 11.5 Å². The maximum Gasteiger partial charge on any atom is 0.130 e. The van der Waals surface area contributed by atoms with Crippen molar-refractivity contribution in [2.24, 2.45) is 5.73 Å². The van der Waals surface area contributed by atoms with Crippen LogP contribution in [0, 0.1) is 13.8 Å². The molecule has 2 nitrogen and oxygen atoms in total. The van der Waals surface area contributed by atoms with Gasteiger partial charge in [0.05, 0.1) is 0 Å². The minimum atomic E-state index is 0.366. The lowest BCUT2D eigenvalue weighted by Crippen LogP contribution is -2.09.